The van der Waals surface area contributed by atoms with Crippen molar-refractivity contribution in [1.29, 1.82) is 0 Å². The first-order chi connectivity index (χ1) is 11.6. The largest absolute Gasteiger partial charge is 0.339 e. The average Bonchev–Trinajstić information content (AvgIpc) is 3.14. The van der Waals surface area contributed by atoms with E-state index in [4.69, 9.17) is 5.73 Å². The zero-order valence-corrected chi connectivity index (χ0v) is 15.5. The first kappa shape index (κ1) is 19.4. The van der Waals surface area contributed by atoms with Crippen LogP contribution in [0.1, 0.15) is 44.2 Å². The predicted octanol–water partition coefficient (Wildman–Crippen LogP) is 2.73. The van der Waals surface area contributed by atoms with Crippen LogP contribution in [-0.4, -0.2) is 38.7 Å². The number of amides is 1. The quantitative estimate of drug-likeness (QED) is 0.906. The topological polar surface area (TPSA) is 77.0 Å². The molecular formula is C18H26ClN5O. The smallest absolute Gasteiger partial charge is 0.225 e. The molecule has 1 amide bonds. The van der Waals surface area contributed by atoms with E-state index >= 15 is 0 Å². The van der Waals surface area contributed by atoms with Gasteiger partial charge in [0.05, 0.1) is 11.7 Å². The van der Waals surface area contributed by atoms with Crippen LogP contribution in [0.3, 0.4) is 0 Å². The van der Waals surface area contributed by atoms with Gasteiger partial charge in [0.1, 0.15) is 12.7 Å². The molecule has 0 bridgehead atoms. The summed E-state index contributed by atoms with van der Waals surface area (Å²) in [5, 5.41) is 4.12. The van der Waals surface area contributed by atoms with Crippen LogP contribution in [-0.2, 0) is 4.79 Å². The Hall–Kier alpha value is -1.92. The van der Waals surface area contributed by atoms with Crippen molar-refractivity contribution in [3.8, 4) is 5.69 Å². The van der Waals surface area contributed by atoms with Crippen molar-refractivity contribution in [2.24, 2.45) is 11.7 Å². The Kier molecular flexibility index (Phi) is 6.56. The van der Waals surface area contributed by atoms with Crippen molar-refractivity contribution in [1.82, 2.24) is 19.7 Å². The van der Waals surface area contributed by atoms with E-state index in [0.717, 1.165) is 36.9 Å². The van der Waals surface area contributed by atoms with Crippen LogP contribution >= 0.6 is 12.4 Å². The van der Waals surface area contributed by atoms with Gasteiger partial charge in [-0.3, -0.25) is 4.79 Å². The highest BCUT2D eigenvalue weighted by atomic mass is 35.5. The third kappa shape index (κ3) is 4.38. The first-order valence-electron chi connectivity index (χ1n) is 8.53. The van der Waals surface area contributed by atoms with E-state index in [1.165, 1.54) is 6.33 Å². The molecule has 25 heavy (non-hydrogen) atoms. The van der Waals surface area contributed by atoms with Gasteiger partial charge in [0.25, 0.3) is 0 Å². The lowest BCUT2D eigenvalue weighted by atomic mass is 9.85. The van der Waals surface area contributed by atoms with Gasteiger partial charge in [0.15, 0.2) is 0 Å². The average molecular weight is 364 g/mol. The van der Waals surface area contributed by atoms with Crippen LogP contribution in [0, 0.1) is 5.92 Å². The summed E-state index contributed by atoms with van der Waals surface area (Å²) >= 11 is 0. The molecule has 136 valence electrons. The second-order valence-electron chi connectivity index (χ2n) is 6.68. The molecule has 1 aliphatic carbocycles. The highest BCUT2D eigenvalue weighted by Crippen LogP contribution is 2.28. The molecule has 0 spiro atoms. The van der Waals surface area contributed by atoms with Gasteiger partial charge in [0.2, 0.25) is 5.91 Å². The van der Waals surface area contributed by atoms with E-state index < -0.39 is 0 Å². The lowest BCUT2D eigenvalue weighted by Crippen LogP contribution is -2.39. The normalized spacial score (nSPS) is 21.2. The molecule has 0 radical (unpaired) electrons. The fourth-order valence-electron chi connectivity index (χ4n) is 3.40. The molecule has 0 saturated heterocycles. The Bertz CT molecular complexity index is 673. The highest BCUT2D eigenvalue weighted by Gasteiger charge is 2.29. The van der Waals surface area contributed by atoms with E-state index in [9.17, 15) is 4.79 Å². The minimum Gasteiger partial charge on any atom is -0.339 e. The van der Waals surface area contributed by atoms with Crippen LogP contribution < -0.4 is 5.73 Å². The summed E-state index contributed by atoms with van der Waals surface area (Å²) in [4.78, 5) is 18.6. The zero-order chi connectivity index (χ0) is 17.1. The monoisotopic (exact) mass is 363 g/mol. The SMILES string of the molecule is CC(c1ccc(-n2cncn2)cc1)N(C)C(=O)C1CCCC(N)C1.Cl. The van der Waals surface area contributed by atoms with Crippen LogP contribution in [0.5, 0.6) is 0 Å². The summed E-state index contributed by atoms with van der Waals surface area (Å²) in [6, 6.07) is 8.26. The maximum Gasteiger partial charge on any atom is 0.225 e. The van der Waals surface area contributed by atoms with Crippen molar-refractivity contribution < 1.29 is 4.79 Å². The first-order valence-corrected chi connectivity index (χ1v) is 8.53. The van der Waals surface area contributed by atoms with Crippen LogP contribution in [0.25, 0.3) is 5.69 Å². The van der Waals surface area contributed by atoms with E-state index in [1.807, 2.05) is 36.2 Å². The number of nitrogens with zero attached hydrogens (tertiary/aromatic N) is 4. The number of carbonyl (C=O) groups is 1. The minimum atomic E-state index is 0. The van der Waals surface area contributed by atoms with Crippen molar-refractivity contribution in [2.75, 3.05) is 7.05 Å². The number of hydrogen-bond acceptors (Lipinski definition) is 4. The van der Waals surface area contributed by atoms with Gasteiger partial charge in [-0.1, -0.05) is 18.6 Å². The zero-order valence-electron chi connectivity index (χ0n) is 14.7. The van der Waals surface area contributed by atoms with Crippen molar-refractivity contribution in [3.05, 3.63) is 42.5 Å². The molecule has 6 nitrogen and oxygen atoms in total. The Morgan fingerprint density at radius 2 is 2.04 bits per heavy atom. The molecule has 1 saturated carbocycles. The summed E-state index contributed by atoms with van der Waals surface area (Å²) < 4.78 is 1.72. The van der Waals surface area contributed by atoms with Crippen LogP contribution in [0.2, 0.25) is 0 Å². The molecule has 1 aromatic heterocycles. The molecule has 1 heterocycles. The lowest BCUT2D eigenvalue weighted by molar-refractivity contribution is -0.137. The molecule has 2 N–H and O–H groups in total. The van der Waals surface area contributed by atoms with Crippen molar-refractivity contribution in [2.45, 2.75) is 44.7 Å². The fraction of sp³-hybridized carbons (Fsp3) is 0.500. The summed E-state index contributed by atoms with van der Waals surface area (Å²) in [6.45, 7) is 2.06. The second-order valence-corrected chi connectivity index (χ2v) is 6.68. The van der Waals surface area contributed by atoms with Crippen LogP contribution in [0.15, 0.2) is 36.9 Å². The maximum atomic E-state index is 12.8. The molecule has 3 rings (SSSR count). The lowest BCUT2D eigenvalue weighted by Gasteiger charge is -2.32. The minimum absolute atomic E-state index is 0. The number of nitrogens with two attached hydrogens (primary N) is 1. The summed E-state index contributed by atoms with van der Waals surface area (Å²) in [5.74, 6) is 0.272. The van der Waals surface area contributed by atoms with Gasteiger partial charge < -0.3 is 10.6 Å². The van der Waals surface area contributed by atoms with E-state index in [1.54, 1.807) is 11.0 Å². The highest BCUT2D eigenvalue weighted by molar-refractivity contribution is 5.85. The molecule has 1 aliphatic rings. The second kappa shape index (κ2) is 8.45. The molecule has 1 fully saturated rings. The standard InChI is InChI=1S/C18H25N5O.ClH/c1-13(22(2)18(24)15-4-3-5-16(19)10-15)14-6-8-17(9-7-14)23-12-20-11-21-23;/h6-9,11-13,15-16H,3-5,10,19H2,1-2H3;1H. The Morgan fingerprint density at radius 3 is 2.64 bits per heavy atom. The van der Waals surface area contributed by atoms with Gasteiger partial charge >= 0.3 is 0 Å². The molecule has 0 aliphatic heterocycles. The summed E-state index contributed by atoms with van der Waals surface area (Å²) in [7, 11) is 1.89. The Morgan fingerprint density at radius 1 is 1.32 bits per heavy atom. The van der Waals surface area contributed by atoms with Gasteiger partial charge in [-0.25, -0.2) is 9.67 Å². The maximum absolute atomic E-state index is 12.8. The number of halogens is 1. The molecular weight excluding hydrogens is 338 g/mol. The van der Waals surface area contributed by atoms with Gasteiger partial charge in [-0.05, 0) is 43.9 Å². The fourth-order valence-corrected chi connectivity index (χ4v) is 3.40. The number of hydrogen-bond donors (Lipinski definition) is 1. The summed E-state index contributed by atoms with van der Waals surface area (Å²) in [6.07, 6.45) is 7.02. The number of carbonyl (C=O) groups excluding carboxylic acids is 1. The van der Waals surface area contributed by atoms with Gasteiger partial charge in [-0.15, -0.1) is 12.4 Å². The Labute approximate surface area is 154 Å². The van der Waals surface area contributed by atoms with Crippen molar-refractivity contribution >= 4 is 18.3 Å². The predicted molar refractivity (Wildman–Crippen MR) is 99.7 cm³/mol. The van der Waals surface area contributed by atoms with E-state index in [0.29, 0.717) is 0 Å². The number of aromatic nitrogens is 3. The van der Waals surface area contributed by atoms with E-state index in [2.05, 4.69) is 17.0 Å². The molecule has 3 atom stereocenters. The summed E-state index contributed by atoms with van der Waals surface area (Å²) in [5.41, 5.74) is 8.09. The molecule has 3 unspecified atom stereocenters. The third-order valence-electron chi connectivity index (χ3n) is 5.05. The number of benzene rings is 1. The van der Waals surface area contributed by atoms with Gasteiger partial charge in [0, 0.05) is 19.0 Å². The van der Waals surface area contributed by atoms with Gasteiger partial charge in [-0.2, -0.15) is 5.10 Å². The number of rotatable bonds is 4. The molecule has 2 aromatic rings. The van der Waals surface area contributed by atoms with Crippen LogP contribution in [0.4, 0.5) is 0 Å². The van der Waals surface area contributed by atoms with Crippen molar-refractivity contribution in [3.63, 3.8) is 0 Å². The third-order valence-corrected chi connectivity index (χ3v) is 5.05. The molecule has 7 heteroatoms. The molecule has 1 aromatic carbocycles. The Balaban J connectivity index is 0.00000225. The van der Waals surface area contributed by atoms with E-state index in [-0.39, 0.29) is 36.3 Å².